The molecule has 0 N–H and O–H groups in total. The standard InChI is InChI=1S/C20H17N7O/c21-11-15-3-2-6-23-19(15)26-7-9-27(10-8-26)20(28)17-13-24-18(25-14-17)16-4-1-5-22-12-16/h1-6,12-14H,7-10H2. The van der Waals surface area contributed by atoms with Crippen molar-refractivity contribution in [1.82, 2.24) is 24.8 Å². The quantitative estimate of drug-likeness (QED) is 0.692. The van der Waals surface area contributed by atoms with Gasteiger partial charge in [0.25, 0.3) is 5.91 Å². The van der Waals surface area contributed by atoms with E-state index in [9.17, 15) is 10.1 Å². The second kappa shape index (κ2) is 7.80. The van der Waals surface area contributed by atoms with E-state index >= 15 is 0 Å². The van der Waals surface area contributed by atoms with Crippen LogP contribution in [0.25, 0.3) is 11.4 Å². The Kier molecular flexibility index (Phi) is 4.89. The summed E-state index contributed by atoms with van der Waals surface area (Å²) in [6.07, 6.45) is 8.15. The summed E-state index contributed by atoms with van der Waals surface area (Å²) in [6, 6.07) is 9.35. The van der Waals surface area contributed by atoms with Gasteiger partial charge in [-0.05, 0) is 24.3 Å². The highest BCUT2D eigenvalue weighted by atomic mass is 16.2. The molecule has 28 heavy (non-hydrogen) atoms. The van der Waals surface area contributed by atoms with Crippen molar-refractivity contribution in [2.24, 2.45) is 0 Å². The van der Waals surface area contributed by atoms with Crippen LogP contribution in [0.3, 0.4) is 0 Å². The monoisotopic (exact) mass is 371 g/mol. The van der Waals surface area contributed by atoms with Crippen molar-refractivity contribution in [3.8, 4) is 17.5 Å². The molecule has 1 amide bonds. The third-order valence-corrected chi connectivity index (χ3v) is 4.59. The minimum absolute atomic E-state index is 0.0982. The van der Waals surface area contributed by atoms with Crippen molar-refractivity contribution in [2.75, 3.05) is 31.1 Å². The number of hydrogen-bond acceptors (Lipinski definition) is 7. The Hall–Kier alpha value is -3.86. The van der Waals surface area contributed by atoms with Gasteiger partial charge in [-0.15, -0.1) is 0 Å². The average molecular weight is 371 g/mol. The zero-order valence-corrected chi connectivity index (χ0v) is 15.1. The summed E-state index contributed by atoms with van der Waals surface area (Å²) in [6.45, 7) is 2.33. The van der Waals surface area contributed by atoms with E-state index in [4.69, 9.17) is 0 Å². The topological polar surface area (TPSA) is 98.9 Å². The van der Waals surface area contributed by atoms with Gasteiger partial charge in [0, 0.05) is 62.7 Å². The number of pyridine rings is 2. The molecule has 3 aromatic heterocycles. The van der Waals surface area contributed by atoms with Gasteiger partial charge >= 0.3 is 0 Å². The lowest BCUT2D eigenvalue weighted by atomic mass is 10.2. The molecule has 4 heterocycles. The first-order valence-corrected chi connectivity index (χ1v) is 8.88. The summed E-state index contributed by atoms with van der Waals surface area (Å²) < 4.78 is 0. The number of aromatic nitrogens is 4. The minimum atomic E-state index is -0.0982. The molecule has 1 fully saturated rings. The number of hydrogen-bond donors (Lipinski definition) is 0. The van der Waals surface area contributed by atoms with Crippen LogP contribution >= 0.6 is 0 Å². The van der Waals surface area contributed by atoms with Crippen LogP contribution in [0.1, 0.15) is 15.9 Å². The van der Waals surface area contributed by atoms with Gasteiger partial charge in [0.1, 0.15) is 11.9 Å². The first kappa shape index (κ1) is 17.5. The Balaban J connectivity index is 1.42. The Morgan fingerprint density at radius 3 is 2.39 bits per heavy atom. The molecular formula is C20H17N7O. The van der Waals surface area contributed by atoms with Crippen LogP contribution in [0.15, 0.2) is 55.2 Å². The molecule has 0 unspecified atom stereocenters. The van der Waals surface area contributed by atoms with Crippen LogP contribution in [0.5, 0.6) is 0 Å². The van der Waals surface area contributed by atoms with Crippen LogP contribution in [0.4, 0.5) is 5.82 Å². The zero-order valence-electron chi connectivity index (χ0n) is 15.1. The summed E-state index contributed by atoms with van der Waals surface area (Å²) in [5.74, 6) is 1.11. The zero-order chi connectivity index (χ0) is 19.3. The van der Waals surface area contributed by atoms with Gasteiger partial charge in [-0.2, -0.15) is 5.26 Å². The maximum Gasteiger partial charge on any atom is 0.257 e. The van der Waals surface area contributed by atoms with Gasteiger partial charge in [0.15, 0.2) is 5.82 Å². The highest BCUT2D eigenvalue weighted by molar-refractivity contribution is 5.94. The van der Waals surface area contributed by atoms with Gasteiger partial charge in [0.05, 0.1) is 11.1 Å². The molecule has 0 aromatic carbocycles. The molecule has 3 aromatic rings. The maximum atomic E-state index is 12.8. The van der Waals surface area contributed by atoms with Crippen molar-refractivity contribution < 1.29 is 4.79 Å². The summed E-state index contributed by atoms with van der Waals surface area (Å²) >= 11 is 0. The summed E-state index contributed by atoms with van der Waals surface area (Å²) in [4.78, 5) is 33.5. The first-order valence-electron chi connectivity index (χ1n) is 8.88. The number of piperazine rings is 1. The lowest BCUT2D eigenvalue weighted by Gasteiger charge is -2.35. The number of rotatable bonds is 3. The van der Waals surface area contributed by atoms with Crippen LogP contribution in [0.2, 0.25) is 0 Å². The smallest absolute Gasteiger partial charge is 0.257 e. The number of amides is 1. The highest BCUT2D eigenvalue weighted by Gasteiger charge is 2.24. The molecule has 0 bridgehead atoms. The predicted molar refractivity (Wildman–Crippen MR) is 102 cm³/mol. The van der Waals surface area contributed by atoms with Gasteiger partial charge in [-0.25, -0.2) is 15.0 Å². The van der Waals surface area contributed by atoms with Crippen molar-refractivity contribution in [1.29, 1.82) is 5.26 Å². The lowest BCUT2D eigenvalue weighted by molar-refractivity contribution is 0.0745. The Bertz CT molecular complexity index is 1010. The average Bonchev–Trinajstić information content (AvgIpc) is 2.79. The van der Waals surface area contributed by atoms with Crippen molar-refractivity contribution in [3.05, 3.63) is 66.4 Å². The van der Waals surface area contributed by atoms with Crippen molar-refractivity contribution in [2.45, 2.75) is 0 Å². The van der Waals surface area contributed by atoms with Crippen LogP contribution in [0, 0.1) is 11.3 Å². The van der Waals surface area contributed by atoms with Crippen LogP contribution < -0.4 is 4.90 Å². The fraction of sp³-hybridized carbons (Fsp3) is 0.200. The molecule has 0 atom stereocenters. The van der Waals surface area contributed by atoms with E-state index in [1.54, 1.807) is 48.0 Å². The van der Waals surface area contributed by atoms with E-state index in [1.165, 1.54) is 0 Å². The number of anilines is 1. The molecule has 1 saturated heterocycles. The highest BCUT2D eigenvalue weighted by Crippen LogP contribution is 2.19. The predicted octanol–water partition coefficient (Wildman–Crippen LogP) is 1.77. The van der Waals surface area contributed by atoms with E-state index in [0.717, 1.165) is 5.56 Å². The van der Waals surface area contributed by atoms with E-state index < -0.39 is 0 Å². The molecule has 1 aliphatic rings. The molecule has 1 aliphatic heterocycles. The van der Waals surface area contributed by atoms with Gasteiger partial charge < -0.3 is 9.80 Å². The van der Waals surface area contributed by atoms with Gasteiger partial charge in [0.2, 0.25) is 0 Å². The van der Waals surface area contributed by atoms with Crippen LogP contribution in [-0.4, -0.2) is 56.9 Å². The Labute approximate surface area is 162 Å². The normalized spacial score (nSPS) is 13.8. The number of carbonyl (C=O) groups is 1. The molecule has 0 spiro atoms. The molecule has 8 heteroatoms. The molecule has 8 nitrogen and oxygen atoms in total. The van der Waals surface area contributed by atoms with Crippen LogP contribution in [-0.2, 0) is 0 Å². The Morgan fingerprint density at radius 2 is 1.71 bits per heavy atom. The molecule has 138 valence electrons. The maximum absolute atomic E-state index is 12.8. The number of nitrogens with zero attached hydrogens (tertiary/aromatic N) is 7. The summed E-state index contributed by atoms with van der Waals surface area (Å²) in [5.41, 5.74) is 1.80. The fourth-order valence-electron chi connectivity index (χ4n) is 3.12. The lowest BCUT2D eigenvalue weighted by Crippen LogP contribution is -2.49. The largest absolute Gasteiger partial charge is 0.352 e. The third-order valence-electron chi connectivity index (χ3n) is 4.59. The second-order valence-electron chi connectivity index (χ2n) is 6.30. The fourth-order valence-corrected chi connectivity index (χ4v) is 3.12. The van der Waals surface area contributed by atoms with E-state index in [1.807, 2.05) is 17.0 Å². The summed E-state index contributed by atoms with van der Waals surface area (Å²) in [7, 11) is 0. The third kappa shape index (κ3) is 3.50. The van der Waals surface area contributed by atoms with E-state index in [0.29, 0.717) is 48.9 Å². The molecule has 4 rings (SSSR count). The van der Waals surface area contributed by atoms with Gasteiger partial charge in [-0.3, -0.25) is 9.78 Å². The molecule has 0 aliphatic carbocycles. The number of nitriles is 1. The summed E-state index contributed by atoms with van der Waals surface area (Å²) in [5, 5.41) is 9.24. The van der Waals surface area contributed by atoms with E-state index in [2.05, 4.69) is 26.0 Å². The molecular weight excluding hydrogens is 354 g/mol. The second-order valence-corrected chi connectivity index (χ2v) is 6.30. The molecule has 0 radical (unpaired) electrons. The van der Waals surface area contributed by atoms with Crippen molar-refractivity contribution >= 4 is 11.7 Å². The SMILES string of the molecule is N#Cc1cccnc1N1CCN(C(=O)c2cnc(-c3cccnc3)nc2)CC1. The van der Waals surface area contributed by atoms with Gasteiger partial charge in [-0.1, -0.05) is 0 Å². The first-order chi connectivity index (χ1) is 13.8. The number of carbonyl (C=O) groups excluding carboxylic acids is 1. The molecule has 0 saturated carbocycles. The van der Waals surface area contributed by atoms with Crippen molar-refractivity contribution in [3.63, 3.8) is 0 Å². The van der Waals surface area contributed by atoms with E-state index in [-0.39, 0.29) is 5.91 Å². The minimum Gasteiger partial charge on any atom is -0.352 e. The Morgan fingerprint density at radius 1 is 0.964 bits per heavy atom.